The van der Waals surface area contributed by atoms with Crippen LogP contribution in [-0.4, -0.2) is 23.5 Å². The third kappa shape index (κ3) is 2.87. The Hall–Kier alpha value is -1.78. The van der Waals surface area contributed by atoms with E-state index in [9.17, 15) is 9.59 Å². The normalized spacial score (nSPS) is 10.1. The van der Waals surface area contributed by atoms with Gasteiger partial charge in [-0.05, 0) is 20.8 Å². The van der Waals surface area contributed by atoms with Gasteiger partial charge < -0.3 is 14.5 Å². The molecule has 17 heavy (non-hydrogen) atoms. The number of H-pyrrole nitrogens is 1. The van der Waals surface area contributed by atoms with E-state index in [4.69, 9.17) is 9.47 Å². The van der Waals surface area contributed by atoms with Crippen molar-refractivity contribution in [2.24, 2.45) is 0 Å². The van der Waals surface area contributed by atoms with Crippen LogP contribution in [0, 0.1) is 13.8 Å². The van der Waals surface area contributed by atoms with Crippen molar-refractivity contribution in [1.82, 2.24) is 4.98 Å². The van der Waals surface area contributed by atoms with Gasteiger partial charge in [-0.1, -0.05) is 6.92 Å². The smallest absolute Gasteiger partial charge is 0.340 e. The zero-order chi connectivity index (χ0) is 13.0. The fourth-order valence-electron chi connectivity index (χ4n) is 1.52. The third-order valence-corrected chi connectivity index (χ3v) is 2.38. The van der Waals surface area contributed by atoms with E-state index in [0.717, 1.165) is 0 Å². The van der Waals surface area contributed by atoms with E-state index in [2.05, 4.69) is 4.98 Å². The number of carbonyl (C=O) groups is 2. The summed E-state index contributed by atoms with van der Waals surface area (Å²) in [6.07, 6.45) is 0.284. The predicted octanol–water partition coefficient (Wildman–Crippen LogP) is 2.12. The lowest BCUT2D eigenvalue weighted by atomic mass is 10.1. The monoisotopic (exact) mass is 239 g/mol. The number of rotatable bonds is 4. The number of hydrogen-bond acceptors (Lipinski definition) is 4. The van der Waals surface area contributed by atoms with Crippen LogP contribution in [-0.2, 0) is 9.53 Å². The fourth-order valence-corrected chi connectivity index (χ4v) is 1.52. The van der Waals surface area contributed by atoms with Crippen molar-refractivity contribution < 1.29 is 19.1 Å². The number of aromatic nitrogens is 1. The van der Waals surface area contributed by atoms with Crippen molar-refractivity contribution in [3.05, 3.63) is 16.8 Å². The molecule has 0 aliphatic heterocycles. The summed E-state index contributed by atoms with van der Waals surface area (Å²) < 4.78 is 10.0. The molecule has 0 amide bonds. The van der Waals surface area contributed by atoms with Gasteiger partial charge in [-0.3, -0.25) is 4.79 Å². The molecule has 0 unspecified atom stereocenters. The maximum Gasteiger partial charge on any atom is 0.340 e. The molecule has 0 aliphatic carbocycles. The second-order valence-corrected chi connectivity index (χ2v) is 3.63. The lowest BCUT2D eigenvalue weighted by Gasteiger charge is -2.02. The summed E-state index contributed by atoms with van der Waals surface area (Å²) in [5, 5.41) is 0. The van der Waals surface area contributed by atoms with Gasteiger partial charge in [-0.25, -0.2) is 4.79 Å². The van der Waals surface area contributed by atoms with Crippen LogP contribution >= 0.6 is 0 Å². The van der Waals surface area contributed by atoms with E-state index >= 15 is 0 Å². The zero-order valence-corrected chi connectivity index (χ0v) is 10.5. The van der Waals surface area contributed by atoms with E-state index in [0.29, 0.717) is 29.3 Å². The summed E-state index contributed by atoms with van der Waals surface area (Å²) in [6.45, 7) is 7.22. The molecule has 0 saturated carbocycles. The predicted molar refractivity (Wildman–Crippen MR) is 62.1 cm³/mol. The highest BCUT2D eigenvalue weighted by atomic mass is 16.5. The second kappa shape index (κ2) is 5.52. The van der Waals surface area contributed by atoms with E-state index in [1.54, 1.807) is 27.7 Å². The molecule has 94 valence electrons. The van der Waals surface area contributed by atoms with Crippen LogP contribution < -0.4 is 4.74 Å². The van der Waals surface area contributed by atoms with Gasteiger partial charge in [0, 0.05) is 17.7 Å². The first-order valence-corrected chi connectivity index (χ1v) is 5.58. The second-order valence-electron chi connectivity index (χ2n) is 3.63. The summed E-state index contributed by atoms with van der Waals surface area (Å²) in [7, 11) is 0. The van der Waals surface area contributed by atoms with Gasteiger partial charge >= 0.3 is 11.9 Å². The fraction of sp³-hybridized carbons (Fsp3) is 0.500. The summed E-state index contributed by atoms with van der Waals surface area (Å²) in [6, 6.07) is 0. The number of aryl methyl sites for hydroxylation is 1. The van der Waals surface area contributed by atoms with Gasteiger partial charge in [0.2, 0.25) is 5.88 Å². The molecule has 0 bridgehead atoms. The number of esters is 2. The Morgan fingerprint density at radius 1 is 1.24 bits per heavy atom. The summed E-state index contributed by atoms with van der Waals surface area (Å²) in [5.41, 5.74) is 1.67. The molecule has 0 fully saturated rings. The molecule has 0 spiro atoms. The largest absolute Gasteiger partial charge is 0.462 e. The van der Waals surface area contributed by atoms with Gasteiger partial charge in [0.1, 0.15) is 0 Å². The van der Waals surface area contributed by atoms with Gasteiger partial charge in [-0.2, -0.15) is 0 Å². The quantitative estimate of drug-likeness (QED) is 0.817. The summed E-state index contributed by atoms with van der Waals surface area (Å²) in [5.74, 6) is -0.431. The Morgan fingerprint density at radius 3 is 2.41 bits per heavy atom. The van der Waals surface area contributed by atoms with Crippen LogP contribution in [0.1, 0.15) is 41.9 Å². The number of carbonyl (C=O) groups excluding carboxylic acids is 2. The van der Waals surface area contributed by atoms with E-state index in [-0.39, 0.29) is 12.4 Å². The molecule has 0 saturated heterocycles. The van der Waals surface area contributed by atoms with Crippen molar-refractivity contribution in [1.29, 1.82) is 0 Å². The van der Waals surface area contributed by atoms with Gasteiger partial charge in [-0.15, -0.1) is 0 Å². The Kier molecular flexibility index (Phi) is 4.31. The lowest BCUT2D eigenvalue weighted by molar-refractivity contribution is -0.134. The first kappa shape index (κ1) is 13.3. The molecule has 5 heteroatoms. The van der Waals surface area contributed by atoms with Crippen molar-refractivity contribution in [3.8, 4) is 5.88 Å². The van der Waals surface area contributed by atoms with Gasteiger partial charge in [0.15, 0.2) is 0 Å². The molecule has 0 aliphatic rings. The first-order chi connectivity index (χ1) is 8.01. The summed E-state index contributed by atoms with van der Waals surface area (Å²) in [4.78, 5) is 25.7. The number of ether oxygens (including phenoxy) is 2. The molecule has 1 aromatic rings. The number of nitrogens with one attached hydrogen (secondary N) is 1. The maximum atomic E-state index is 11.7. The van der Waals surface area contributed by atoms with Crippen molar-refractivity contribution in [2.75, 3.05) is 6.61 Å². The number of hydrogen-bond donors (Lipinski definition) is 1. The molecule has 1 rings (SSSR count). The molecule has 0 radical (unpaired) electrons. The highest BCUT2D eigenvalue weighted by Crippen LogP contribution is 2.25. The van der Waals surface area contributed by atoms with Crippen LogP contribution in [0.4, 0.5) is 0 Å². The third-order valence-electron chi connectivity index (χ3n) is 2.38. The molecule has 1 heterocycles. The molecule has 0 aromatic carbocycles. The van der Waals surface area contributed by atoms with Crippen LogP contribution in [0.2, 0.25) is 0 Å². The molecule has 1 N–H and O–H groups in total. The van der Waals surface area contributed by atoms with Crippen LogP contribution in [0.25, 0.3) is 0 Å². The zero-order valence-electron chi connectivity index (χ0n) is 10.5. The lowest BCUT2D eigenvalue weighted by Crippen LogP contribution is -2.08. The minimum absolute atomic E-state index is 0.284. The van der Waals surface area contributed by atoms with E-state index in [1.165, 1.54) is 0 Å². The van der Waals surface area contributed by atoms with Crippen LogP contribution in [0.3, 0.4) is 0 Å². The Balaban J connectivity index is 3.01. The highest BCUT2D eigenvalue weighted by Gasteiger charge is 2.21. The molecule has 0 atom stereocenters. The topological polar surface area (TPSA) is 68.4 Å². The average molecular weight is 239 g/mol. The Morgan fingerprint density at radius 2 is 1.88 bits per heavy atom. The van der Waals surface area contributed by atoms with Crippen molar-refractivity contribution >= 4 is 11.9 Å². The first-order valence-electron chi connectivity index (χ1n) is 5.58. The molecular formula is C12H17NO4. The average Bonchev–Trinajstić information content (AvgIpc) is 2.54. The SMILES string of the molecule is CCOC(=O)c1c(C)[nH]c(OC(=O)CC)c1C. The van der Waals surface area contributed by atoms with E-state index in [1.807, 2.05) is 0 Å². The van der Waals surface area contributed by atoms with Gasteiger partial charge in [0.05, 0.1) is 12.2 Å². The Bertz CT molecular complexity index is 434. The highest BCUT2D eigenvalue weighted by molar-refractivity contribution is 5.93. The minimum Gasteiger partial charge on any atom is -0.462 e. The molecular weight excluding hydrogens is 222 g/mol. The van der Waals surface area contributed by atoms with Crippen molar-refractivity contribution in [2.45, 2.75) is 34.1 Å². The molecule has 5 nitrogen and oxygen atoms in total. The van der Waals surface area contributed by atoms with Crippen LogP contribution in [0.5, 0.6) is 5.88 Å². The standard InChI is InChI=1S/C12H17NO4/c1-5-9(14)17-11-7(3)10(8(4)13-11)12(15)16-6-2/h13H,5-6H2,1-4H3. The minimum atomic E-state index is -0.405. The Labute approximate surface area is 100 Å². The van der Waals surface area contributed by atoms with E-state index < -0.39 is 5.97 Å². The van der Waals surface area contributed by atoms with Gasteiger partial charge in [0.25, 0.3) is 0 Å². The van der Waals surface area contributed by atoms with Crippen LogP contribution in [0.15, 0.2) is 0 Å². The number of aromatic amines is 1. The molecule has 1 aromatic heterocycles. The summed E-state index contributed by atoms with van der Waals surface area (Å²) >= 11 is 0. The maximum absolute atomic E-state index is 11.7. The van der Waals surface area contributed by atoms with Crippen molar-refractivity contribution in [3.63, 3.8) is 0 Å².